The molecule has 0 fully saturated rings. The van der Waals surface area contributed by atoms with Gasteiger partial charge >= 0.3 is 12.1 Å². The van der Waals surface area contributed by atoms with Gasteiger partial charge in [0.2, 0.25) is 0 Å². The van der Waals surface area contributed by atoms with Crippen molar-refractivity contribution in [3.05, 3.63) is 35.4 Å². The summed E-state index contributed by atoms with van der Waals surface area (Å²) in [6.07, 6.45) is -7.64. The molecule has 0 heterocycles. The quantitative estimate of drug-likeness (QED) is 0.801. The standard InChI is InChI=1S/C9H7F3O3/c10-9(11,12)7(13)5-3-1-2-4-6(5)8(14)15/h1-4,7,13H,(H,14,15). The Bertz CT molecular complexity index is 373. The van der Waals surface area contributed by atoms with Crippen molar-refractivity contribution in [3.63, 3.8) is 0 Å². The number of halogens is 3. The highest BCUT2D eigenvalue weighted by atomic mass is 19.4. The lowest BCUT2D eigenvalue weighted by molar-refractivity contribution is -0.206. The molecule has 6 heteroatoms. The van der Waals surface area contributed by atoms with Crippen LogP contribution in [0.25, 0.3) is 0 Å². The molecule has 15 heavy (non-hydrogen) atoms. The van der Waals surface area contributed by atoms with Gasteiger partial charge in [-0.15, -0.1) is 0 Å². The van der Waals surface area contributed by atoms with Crippen LogP contribution in [0.15, 0.2) is 24.3 Å². The van der Waals surface area contributed by atoms with Crippen molar-refractivity contribution < 1.29 is 28.2 Å². The summed E-state index contributed by atoms with van der Waals surface area (Å²) in [4.78, 5) is 10.6. The number of aliphatic hydroxyl groups is 1. The number of carboxylic acid groups (broad SMARTS) is 1. The van der Waals surface area contributed by atoms with Gasteiger partial charge in [-0.3, -0.25) is 0 Å². The van der Waals surface area contributed by atoms with Crippen molar-refractivity contribution in [1.82, 2.24) is 0 Å². The lowest BCUT2D eigenvalue weighted by atomic mass is 10.0. The number of hydrogen-bond donors (Lipinski definition) is 2. The molecule has 2 N–H and O–H groups in total. The summed E-state index contributed by atoms with van der Waals surface area (Å²) in [7, 11) is 0. The van der Waals surface area contributed by atoms with Crippen LogP contribution in [0.4, 0.5) is 13.2 Å². The molecule has 0 aliphatic heterocycles. The first kappa shape index (κ1) is 11.5. The molecule has 0 aliphatic rings. The molecule has 1 unspecified atom stereocenters. The molecule has 1 aromatic carbocycles. The minimum atomic E-state index is -4.87. The minimum Gasteiger partial charge on any atom is -0.478 e. The van der Waals surface area contributed by atoms with Gasteiger partial charge in [-0.05, 0) is 6.07 Å². The number of carbonyl (C=O) groups is 1. The van der Waals surface area contributed by atoms with Crippen LogP contribution in [0.5, 0.6) is 0 Å². The maximum Gasteiger partial charge on any atom is 0.418 e. The largest absolute Gasteiger partial charge is 0.478 e. The molecule has 1 aromatic rings. The Hall–Kier alpha value is -1.56. The first-order valence-electron chi connectivity index (χ1n) is 3.91. The maximum absolute atomic E-state index is 12.1. The van der Waals surface area contributed by atoms with Gasteiger partial charge < -0.3 is 10.2 Å². The molecule has 0 saturated carbocycles. The van der Waals surface area contributed by atoms with Crippen LogP contribution >= 0.6 is 0 Å². The van der Waals surface area contributed by atoms with Crippen molar-refractivity contribution in [3.8, 4) is 0 Å². The van der Waals surface area contributed by atoms with E-state index in [-0.39, 0.29) is 0 Å². The molecule has 3 nitrogen and oxygen atoms in total. The maximum atomic E-state index is 12.1. The average molecular weight is 220 g/mol. The molecule has 0 bridgehead atoms. The van der Waals surface area contributed by atoms with Crippen molar-refractivity contribution in [2.45, 2.75) is 12.3 Å². The summed E-state index contributed by atoms with van der Waals surface area (Å²) in [5.74, 6) is -1.51. The molecular formula is C9H7F3O3. The van der Waals surface area contributed by atoms with Crippen molar-refractivity contribution in [2.75, 3.05) is 0 Å². The molecule has 82 valence electrons. The highest BCUT2D eigenvalue weighted by Crippen LogP contribution is 2.33. The number of rotatable bonds is 2. The fourth-order valence-corrected chi connectivity index (χ4v) is 1.11. The van der Waals surface area contributed by atoms with Crippen LogP contribution in [0, 0.1) is 0 Å². The SMILES string of the molecule is O=C(O)c1ccccc1C(O)C(F)(F)F. The second kappa shape index (κ2) is 3.90. The lowest BCUT2D eigenvalue weighted by Gasteiger charge is -2.16. The van der Waals surface area contributed by atoms with E-state index in [1.54, 1.807) is 0 Å². The van der Waals surface area contributed by atoms with Gasteiger partial charge in [0.1, 0.15) is 0 Å². The molecule has 0 radical (unpaired) electrons. The topological polar surface area (TPSA) is 57.5 Å². The summed E-state index contributed by atoms with van der Waals surface area (Å²) in [6, 6.07) is 4.46. The van der Waals surface area contributed by atoms with Crippen molar-refractivity contribution >= 4 is 5.97 Å². The second-order valence-corrected chi connectivity index (χ2v) is 2.84. The van der Waals surface area contributed by atoms with Crippen LogP contribution < -0.4 is 0 Å². The van der Waals surface area contributed by atoms with Gasteiger partial charge in [0, 0.05) is 5.56 Å². The Balaban J connectivity index is 3.19. The molecule has 0 saturated heterocycles. The van der Waals surface area contributed by atoms with Gasteiger partial charge in [-0.25, -0.2) is 4.79 Å². The van der Waals surface area contributed by atoms with Crippen LogP contribution in [-0.4, -0.2) is 22.4 Å². The summed E-state index contributed by atoms with van der Waals surface area (Å²) in [5, 5.41) is 17.5. The number of benzene rings is 1. The van der Waals surface area contributed by atoms with Crippen LogP contribution in [-0.2, 0) is 0 Å². The second-order valence-electron chi connectivity index (χ2n) is 2.84. The van der Waals surface area contributed by atoms with E-state index >= 15 is 0 Å². The number of aromatic carboxylic acids is 1. The third-order valence-corrected chi connectivity index (χ3v) is 1.80. The molecule has 1 atom stereocenters. The van der Waals surface area contributed by atoms with Crippen LogP contribution in [0.3, 0.4) is 0 Å². The summed E-state index contributed by atoms with van der Waals surface area (Å²) >= 11 is 0. The Morgan fingerprint density at radius 2 is 1.80 bits per heavy atom. The summed E-state index contributed by atoms with van der Waals surface area (Å²) in [6.45, 7) is 0. The van der Waals surface area contributed by atoms with Gasteiger partial charge in [-0.2, -0.15) is 13.2 Å². The Morgan fingerprint density at radius 3 is 2.27 bits per heavy atom. The van der Waals surface area contributed by atoms with Gasteiger partial charge in [-0.1, -0.05) is 18.2 Å². The normalized spacial score (nSPS) is 13.6. The zero-order valence-electron chi connectivity index (χ0n) is 7.32. The molecular weight excluding hydrogens is 213 g/mol. The molecule has 0 aromatic heterocycles. The van der Waals surface area contributed by atoms with Crippen molar-refractivity contribution in [2.24, 2.45) is 0 Å². The molecule has 0 aliphatic carbocycles. The average Bonchev–Trinajstić information content (AvgIpc) is 2.15. The lowest BCUT2D eigenvalue weighted by Crippen LogP contribution is -2.22. The Kier molecular flexibility index (Phi) is 2.99. The Morgan fingerprint density at radius 1 is 1.27 bits per heavy atom. The van der Waals surface area contributed by atoms with E-state index in [0.717, 1.165) is 12.1 Å². The van der Waals surface area contributed by atoms with E-state index in [1.165, 1.54) is 12.1 Å². The first-order valence-corrected chi connectivity index (χ1v) is 3.91. The summed E-state index contributed by atoms with van der Waals surface area (Å²) < 4.78 is 36.4. The Labute approximate surface area is 82.8 Å². The van der Waals surface area contributed by atoms with E-state index in [2.05, 4.69) is 0 Å². The van der Waals surface area contributed by atoms with Crippen LogP contribution in [0.2, 0.25) is 0 Å². The predicted octanol–water partition coefficient (Wildman–Crippen LogP) is 1.98. The number of alkyl halides is 3. The zero-order chi connectivity index (χ0) is 11.6. The number of carboxylic acids is 1. The molecule has 1 rings (SSSR count). The third kappa shape index (κ3) is 2.47. The first-order chi connectivity index (χ1) is 6.84. The van der Waals surface area contributed by atoms with E-state index in [9.17, 15) is 18.0 Å². The summed E-state index contributed by atoms with van der Waals surface area (Å²) in [5.41, 5.74) is -1.21. The van der Waals surface area contributed by atoms with E-state index < -0.39 is 29.4 Å². The smallest absolute Gasteiger partial charge is 0.418 e. The third-order valence-electron chi connectivity index (χ3n) is 1.80. The number of aliphatic hydroxyl groups excluding tert-OH is 1. The highest BCUT2D eigenvalue weighted by Gasteiger charge is 2.41. The fraction of sp³-hybridized carbons (Fsp3) is 0.222. The predicted molar refractivity (Wildman–Crippen MR) is 44.4 cm³/mol. The van der Waals surface area contributed by atoms with E-state index in [0.29, 0.717) is 0 Å². The van der Waals surface area contributed by atoms with Gasteiger partial charge in [0.25, 0.3) is 0 Å². The van der Waals surface area contributed by atoms with Crippen molar-refractivity contribution in [1.29, 1.82) is 0 Å². The number of hydrogen-bond acceptors (Lipinski definition) is 2. The van der Waals surface area contributed by atoms with E-state index in [1.807, 2.05) is 0 Å². The zero-order valence-corrected chi connectivity index (χ0v) is 7.32. The van der Waals surface area contributed by atoms with Crippen LogP contribution in [0.1, 0.15) is 22.0 Å². The van der Waals surface area contributed by atoms with Gasteiger partial charge in [0.05, 0.1) is 5.56 Å². The molecule has 0 amide bonds. The fourth-order valence-electron chi connectivity index (χ4n) is 1.11. The van der Waals surface area contributed by atoms with E-state index in [4.69, 9.17) is 10.2 Å². The molecule has 0 spiro atoms. The minimum absolute atomic E-state index is 0.553. The monoisotopic (exact) mass is 220 g/mol. The highest BCUT2D eigenvalue weighted by molar-refractivity contribution is 5.89. The van der Waals surface area contributed by atoms with Gasteiger partial charge in [0.15, 0.2) is 6.10 Å².